The van der Waals surface area contributed by atoms with E-state index in [9.17, 15) is 4.79 Å². The smallest absolute Gasteiger partial charge is 0.328 e. The molecule has 1 aliphatic carbocycles. The third-order valence-electron chi connectivity index (χ3n) is 7.65. The number of benzene rings is 2. The van der Waals surface area contributed by atoms with Crippen molar-refractivity contribution < 1.29 is 24.1 Å². The lowest BCUT2D eigenvalue weighted by molar-refractivity contribution is -0.131. The van der Waals surface area contributed by atoms with Gasteiger partial charge in [-0.3, -0.25) is 4.90 Å². The molecule has 6 heteroatoms. The molecule has 194 valence electrons. The van der Waals surface area contributed by atoms with Gasteiger partial charge in [0.15, 0.2) is 0 Å². The molecule has 1 N–H and O–H groups in total. The van der Waals surface area contributed by atoms with Crippen LogP contribution in [0, 0.1) is 0 Å². The van der Waals surface area contributed by atoms with Crippen molar-refractivity contribution in [3.63, 3.8) is 0 Å². The second kappa shape index (κ2) is 10.7. The van der Waals surface area contributed by atoms with Gasteiger partial charge in [-0.25, -0.2) is 4.79 Å². The summed E-state index contributed by atoms with van der Waals surface area (Å²) < 4.78 is 17.7. The van der Waals surface area contributed by atoms with Crippen LogP contribution in [0.15, 0.2) is 36.4 Å². The molecule has 2 aromatic carbocycles. The average molecular weight is 494 g/mol. The summed E-state index contributed by atoms with van der Waals surface area (Å²) in [5, 5.41) is 9.11. The molecule has 4 rings (SSSR count). The lowest BCUT2D eigenvalue weighted by Gasteiger charge is -2.42. The SMILES string of the molecule is COc1ccc(/C=C/C(=O)O)cc1-c1cc2c(cc1OCCN1CCOCC1)C(C)(C)CCC2(C)C. The highest BCUT2D eigenvalue weighted by atomic mass is 16.5. The number of carboxylic acids is 1. The minimum absolute atomic E-state index is 0.0417. The topological polar surface area (TPSA) is 68.2 Å². The maximum absolute atomic E-state index is 11.1. The first kappa shape index (κ1) is 26.2. The quantitative estimate of drug-likeness (QED) is 0.489. The Hall–Kier alpha value is -2.83. The second-order valence-corrected chi connectivity index (χ2v) is 11.1. The van der Waals surface area contributed by atoms with Crippen LogP contribution in [-0.4, -0.2) is 62.5 Å². The van der Waals surface area contributed by atoms with Gasteiger partial charge < -0.3 is 19.3 Å². The van der Waals surface area contributed by atoms with Gasteiger partial charge in [-0.05, 0) is 70.7 Å². The van der Waals surface area contributed by atoms with E-state index in [1.807, 2.05) is 18.2 Å². The van der Waals surface area contributed by atoms with Crippen LogP contribution in [-0.2, 0) is 20.4 Å². The molecule has 0 radical (unpaired) electrons. The van der Waals surface area contributed by atoms with Crippen LogP contribution in [0.2, 0.25) is 0 Å². The number of ether oxygens (including phenoxy) is 3. The van der Waals surface area contributed by atoms with Crippen molar-refractivity contribution in [3.05, 3.63) is 53.1 Å². The molecule has 0 amide bonds. The summed E-state index contributed by atoms with van der Waals surface area (Å²) >= 11 is 0. The number of methoxy groups -OCH3 is 1. The van der Waals surface area contributed by atoms with Crippen molar-refractivity contribution in [2.24, 2.45) is 0 Å². The van der Waals surface area contributed by atoms with Crippen molar-refractivity contribution >= 4 is 12.0 Å². The van der Waals surface area contributed by atoms with Gasteiger partial charge >= 0.3 is 5.97 Å². The highest BCUT2D eigenvalue weighted by Crippen LogP contribution is 2.50. The number of aliphatic carboxylic acids is 1. The Kier molecular flexibility index (Phi) is 7.76. The molecular formula is C30H39NO5. The summed E-state index contributed by atoms with van der Waals surface area (Å²) in [7, 11) is 1.66. The first-order chi connectivity index (χ1) is 17.1. The van der Waals surface area contributed by atoms with E-state index in [0.29, 0.717) is 6.61 Å². The Morgan fingerprint density at radius 2 is 1.64 bits per heavy atom. The Labute approximate surface area is 214 Å². The van der Waals surface area contributed by atoms with Crippen molar-refractivity contribution in [3.8, 4) is 22.6 Å². The van der Waals surface area contributed by atoms with Crippen molar-refractivity contribution in [1.82, 2.24) is 4.90 Å². The van der Waals surface area contributed by atoms with E-state index in [1.165, 1.54) is 11.1 Å². The van der Waals surface area contributed by atoms with E-state index in [2.05, 4.69) is 44.7 Å². The van der Waals surface area contributed by atoms with Gasteiger partial charge in [-0.15, -0.1) is 0 Å². The highest BCUT2D eigenvalue weighted by molar-refractivity contribution is 5.86. The van der Waals surface area contributed by atoms with Crippen molar-refractivity contribution in [1.29, 1.82) is 0 Å². The fourth-order valence-corrected chi connectivity index (χ4v) is 5.24. The standard InChI is InChI=1S/C30H39NO5/c1-29(2)10-11-30(3,4)25-20-27(36-17-14-31-12-15-35-16-13-31)23(19-24(25)29)22-18-21(7-9-28(32)33)6-8-26(22)34-5/h6-9,18-20H,10-17H2,1-5H3,(H,32,33)/b9-7+. The number of nitrogens with zero attached hydrogens (tertiary/aromatic N) is 1. The molecule has 0 atom stereocenters. The zero-order chi connectivity index (χ0) is 25.9. The van der Waals surface area contributed by atoms with Crippen LogP contribution in [0.3, 0.4) is 0 Å². The molecule has 1 saturated heterocycles. The molecule has 6 nitrogen and oxygen atoms in total. The molecule has 1 fully saturated rings. The fraction of sp³-hybridized carbons (Fsp3) is 0.500. The van der Waals surface area contributed by atoms with Gasteiger partial charge in [-0.1, -0.05) is 33.8 Å². The summed E-state index contributed by atoms with van der Waals surface area (Å²) in [5.41, 5.74) is 5.44. The first-order valence-corrected chi connectivity index (χ1v) is 12.8. The minimum Gasteiger partial charge on any atom is -0.496 e. The summed E-state index contributed by atoms with van der Waals surface area (Å²) in [4.78, 5) is 13.5. The predicted molar refractivity (Wildman–Crippen MR) is 143 cm³/mol. The Morgan fingerprint density at radius 3 is 2.28 bits per heavy atom. The lowest BCUT2D eigenvalue weighted by atomic mass is 9.62. The molecule has 0 unspecified atom stereocenters. The molecule has 0 aromatic heterocycles. The van der Waals surface area contributed by atoms with E-state index >= 15 is 0 Å². The Balaban J connectivity index is 1.80. The third-order valence-corrected chi connectivity index (χ3v) is 7.65. The maximum atomic E-state index is 11.1. The fourth-order valence-electron chi connectivity index (χ4n) is 5.24. The van der Waals surface area contributed by atoms with Crippen LogP contribution in [0.5, 0.6) is 11.5 Å². The molecule has 2 aliphatic rings. The molecule has 2 aromatic rings. The summed E-state index contributed by atoms with van der Waals surface area (Å²) in [5.74, 6) is 0.594. The maximum Gasteiger partial charge on any atom is 0.328 e. The second-order valence-electron chi connectivity index (χ2n) is 11.1. The van der Waals surface area contributed by atoms with Crippen LogP contribution in [0.25, 0.3) is 17.2 Å². The minimum atomic E-state index is -0.975. The van der Waals surface area contributed by atoms with E-state index in [1.54, 1.807) is 13.2 Å². The molecule has 0 spiro atoms. The van der Waals surface area contributed by atoms with Gasteiger partial charge in [0.1, 0.15) is 18.1 Å². The van der Waals surface area contributed by atoms with Crippen LogP contribution in [0.1, 0.15) is 57.2 Å². The number of hydrogen-bond acceptors (Lipinski definition) is 5. The number of fused-ring (bicyclic) bond motifs is 1. The van der Waals surface area contributed by atoms with Gasteiger partial charge in [0.2, 0.25) is 0 Å². The van der Waals surface area contributed by atoms with Gasteiger partial charge in [0.05, 0.1) is 20.3 Å². The molecular weight excluding hydrogens is 454 g/mol. The summed E-state index contributed by atoms with van der Waals surface area (Å²) in [6, 6.07) is 10.3. The largest absolute Gasteiger partial charge is 0.496 e. The molecule has 1 heterocycles. The van der Waals surface area contributed by atoms with Gasteiger partial charge in [-0.2, -0.15) is 0 Å². The van der Waals surface area contributed by atoms with Crippen molar-refractivity contribution in [2.45, 2.75) is 51.4 Å². The lowest BCUT2D eigenvalue weighted by Crippen LogP contribution is -2.38. The number of hydrogen-bond donors (Lipinski definition) is 1. The molecule has 0 saturated carbocycles. The summed E-state index contributed by atoms with van der Waals surface area (Å²) in [6.45, 7) is 14.1. The number of carboxylic acid groups (broad SMARTS) is 1. The molecule has 1 aliphatic heterocycles. The van der Waals surface area contributed by atoms with E-state index in [4.69, 9.17) is 19.3 Å². The van der Waals surface area contributed by atoms with Gasteiger partial charge in [0.25, 0.3) is 0 Å². The normalized spacial score (nSPS) is 19.1. The van der Waals surface area contributed by atoms with E-state index in [-0.39, 0.29) is 10.8 Å². The molecule has 0 bridgehead atoms. The predicted octanol–water partition coefficient (Wildman–Crippen LogP) is 5.52. The van der Waals surface area contributed by atoms with Crippen LogP contribution in [0.4, 0.5) is 0 Å². The van der Waals surface area contributed by atoms with Crippen LogP contribution < -0.4 is 9.47 Å². The number of rotatable bonds is 8. The zero-order valence-corrected chi connectivity index (χ0v) is 22.2. The zero-order valence-electron chi connectivity index (χ0n) is 22.2. The number of morpholine rings is 1. The summed E-state index contributed by atoms with van der Waals surface area (Å²) in [6.07, 6.45) is 5.00. The Bertz CT molecular complexity index is 1130. The highest BCUT2D eigenvalue weighted by Gasteiger charge is 2.38. The molecule has 36 heavy (non-hydrogen) atoms. The van der Waals surface area contributed by atoms with Crippen LogP contribution >= 0.6 is 0 Å². The van der Waals surface area contributed by atoms with Gasteiger partial charge in [0, 0.05) is 36.8 Å². The van der Waals surface area contributed by atoms with Crippen molar-refractivity contribution in [2.75, 3.05) is 46.6 Å². The van der Waals surface area contributed by atoms with E-state index in [0.717, 1.165) is 80.0 Å². The average Bonchev–Trinajstić information content (AvgIpc) is 2.86. The van der Waals surface area contributed by atoms with E-state index < -0.39 is 5.97 Å². The third kappa shape index (κ3) is 5.76. The number of carbonyl (C=O) groups is 1. The monoisotopic (exact) mass is 493 g/mol. The first-order valence-electron chi connectivity index (χ1n) is 12.8. The Morgan fingerprint density at radius 1 is 1.00 bits per heavy atom.